The van der Waals surface area contributed by atoms with Gasteiger partial charge in [-0.2, -0.15) is 0 Å². The van der Waals surface area contributed by atoms with Gasteiger partial charge >= 0.3 is 5.97 Å². The van der Waals surface area contributed by atoms with Gasteiger partial charge in [0.25, 0.3) is 0 Å². The van der Waals surface area contributed by atoms with Crippen molar-refractivity contribution in [2.75, 3.05) is 13.2 Å². The summed E-state index contributed by atoms with van der Waals surface area (Å²) in [5.74, 6) is -0.0506. The summed E-state index contributed by atoms with van der Waals surface area (Å²) in [5.41, 5.74) is 0. The van der Waals surface area contributed by atoms with E-state index in [-0.39, 0.29) is 18.5 Å². The average molecular weight is 1160 g/mol. The molecule has 0 aromatic rings. The minimum atomic E-state index is -0.849. The van der Waals surface area contributed by atoms with Crippen LogP contribution in [0.25, 0.3) is 0 Å². The average Bonchev–Trinajstić information content (AvgIpc) is 3.48. The molecule has 0 rings (SSSR count). The molecular formula is C76H147NO5. The second-order valence-corrected chi connectivity index (χ2v) is 26.0. The molecule has 6 nitrogen and oxygen atoms in total. The Balaban J connectivity index is 3.41. The quantitative estimate of drug-likeness (QED) is 0.0320. The molecule has 2 unspecified atom stereocenters. The third kappa shape index (κ3) is 67.5. The van der Waals surface area contributed by atoms with E-state index in [2.05, 4.69) is 31.3 Å². The zero-order valence-corrected chi connectivity index (χ0v) is 55.8. The van der Waals surface area contributed by atoms with E-state index >= 15 is 0 Å². The van der Waals surface area contributed by atoms with Gasteiger partial charge in [-0.15, -0.1) is 0 Å². The number of carbonyl (C=O) groups is 2. The van der Waals surface area contributed by atoms with E-state index in [0.29, 0.717) is 19.4 Å². The first-order chi connectivity index (χ1) is 40.5. The molecule has 0 fully saturated rings. The van der Waals surface area contributed by atoms with Crippen LogP contribution in [0.4, 0.5) is 0 Å². The van der Waals surface area contributed by atoms with Gasteiger partial charge in [0.1, 0.15) is 0 Å². The zero-order chi connectivity index (χ0) is 59.2. The topological polar surface area (TPSA) is 95.9 Å². The molecule has 1 amide bonds. The second-order valence-electron chi connectivity index (χ2n) is 26.0. The Kier molecular flexibility index (Phi) is 70.4. The van der Waals surface area contributed by atoms with E-state index < -0.39 is 12.1 Å². The van der Waals surface area contributed by atoms with E-state index in [1.165, 1.54) is 360 Å². The van der Waals surface area contributed by atoms with Crippen molar-refractivity contribution in [2.24, 2.45) is 0 Å². The third-order valence-corrected chi connectivity index (χ3v) is 17.7. The van der Waals surface area contributed by atoms with Crippen molar-refractivity contribution in [1.29, 1.82) is 0 Å². The standard InChI is InChI=1S/C76H147NO5/c1-3-5-7-9-11-13-15-17-19-21-22-23-24-27-30-33-37-40-44-48-52-56-60-64-68-74(79)73(72-78)77-75(80)69-65-61-57-53-49-45-41-38-34-31-28-25-26-29-32-35-39-43-47-51-55-59-63-67-71-82-76(81)70-66-62-58-54-50-46-42-36-20-18-16-14-12-10-8-6-4-2/h28,31,64,68,73-74,78-79H,3-27,29-30,32-63,65-67,69-72H2,1-2H3,(H,77,80)/b31-28-,68-64+. The molecule has 0 radical (unpaired) electrons. The molecule has 0 heterocycles. The number of carbonyl (C=O) groups excluding carboxylic acids is 2. The molecule has 486 valence electrons. The summed E-state index contributed by atoms with van der Waals surface area (Å²) < 4.78 is 5.51. The molecule has 0 saturated heterocycles. The second kappa shape index (κ2) is 71.8. The normalized spacial score (nSPS) is 12.6. The van der Waals surface area contributed by atoms with Gasteiger partial charge in [-0.25, -0.2) is 0 Å². The number of aliphatic hydroxyl groups excluding tert-OH is 2. The molecule has 6 heteroatoms. The first-order valence-electron chi connectivity index (χ1n) is 37.6. The molecule has 0 aliphatic heterocycles. The molecule has 0 saturated carbocycles. The predicted octanol–water partition coefficient (Wildman–Crippen LogP) is 24.5. The minimum absolute atomic E-state index is 0.0171. The van der Waals surface area contributed by atoms with Crippen LogP contribution >= 0.6 is 0 Å². The summed E-state index contributed by atoms with van der Waals surface area (Å²) in [6.45, 7) is 4.95. The fraction of sp³-hybridized carbons (Fsp3) is 0.921. The lowest BCUT2D eigenvalue weighted by Crippen LogP contribution is -2.45. The van der Waals surface area contributed by atoms with Gasteiger partial charge < -0.3 is 20.3 Å². The number of unbranched alkanes of at least 4 members (excludes halogenated alkanes) is 58. The van der Waals surface area contributed by atoms with Crippen molar-refractivity contribution in [3.63, 3.8) is 0 Å². The first-order valence-corrected chi connectivity index (χ1v) is 37.6. The number of amides is 1. The highest BCUT2D eigenvalue weighted by atomic mass is 16.5. The van der Waals surface area contributed by atoms with Crippen molar-refractivity contribution in [3.8, 4) is 0 Å². The molecule has 0 aliphatic carbocycles. The summed E-state index contributed by atoms with van der Waals surface area (Å²) in [6.07, 6.45) is 91.3. The number of nitrogens with one attached hydrogen (secondary N) is 1. The minimum Gasteiger partial charge on any atom is -0.466 e. The number of rotatable bonds is 71. The molecule has 2 atom stereocenters. The summed E-state index contributed by atoms with van der Waals surface area (Å²) in [4.78, 5) is 24.6. The summed E-state index contributed by atoms with van der Waals surface area (Å²) in [6, 6.07) is -0.633. The Labute approximate surface area is 513 Å². The molecule has 0 aromatic carbocycles. The van der Waals surface area contributed by atoms with E-state index in [0.717, 1.165) is 38.5 Å². The highest BCUT2D eigenvalue weighted by molar-refractivity contribution is 5.76. The summed E-state index contributed by atoms with van der Waals surface area (Å²) in [5, 5.41) is 23.3. The Morgan fingerprint density at radius 2 is 0.573 bits per heavy atom. The Morgan fingerprint density at radius 3 is 0.866 bits per heavy atom. The van der Waals surface area contributed by atoms with E-state index in [1.54, 1.807) is 6.08 Å². The molecule has 0 spiro atoms. The Hall–Kier alpha value is -1.66. The van der Waals surface area contributed by atoms with Crippen LogP contribution in [0.15, 0.2) is 24.3 Å². The molecule has 3 N–H and O–H groups in total. The maximum atomic E-state index is 12.5. The number of esters is 1. The van der Waals surface area contributed by atoms with Crippen LogP contribution < -0.4 is 5.32 Å². The Morgan fingerprint density at radius 1 is 0.329 bits per heavy atom. The zero-order valence-electron chi connectivity index (χ0n) is 55.8. The molecule has 82 heavy (non-hydrogen) atoms. The Bertz CT molecular complexity index is 1280. The lowest BCUT2D eigenvalue weighted by atomic mass is 10.0. The van der Waals surface area contributed by atoms with Crippen molar-refractivity contribution < 1.29 is 24.5 Å². The number of hydrogen-bond acceptors (Lipinski definition) is 5. The van der Waals surface area contributed by atoms with Crippen molar-refractivity contribution in [3.05, 3.63) is 24.3 Å². The highest BCUT2D eigenvalue weighted by Crippen LogP contribution is 2.19. The van der Waals surface area contributed by atoms with Crippen LogP contribution in [0.3, 0.4) is 0 Å². The first kappa shape index (κ1) is 80.3. The van der Waals surface area contributed by atoms with Crippen molar-refractivity contribution in [2.45, 2.75) is 437 Å². The van der Waals surface area contributed by atoms with Crippen molar-refractivity contribution in [1.82, 2.24) is 5.32 Å². The van der Waals surface area contributed by atoms with Crippen LogP contribution in [0.5, 0.6) is 0 Å². The molecule has 0 aromatic heterocycles. The van der Waals surface area contributed by atoms with E-state index in [9.17, 15) is 19.8 Å². The molecular weight excluding hydrogens is 1010 g/mol. The number of allylic oxidation sites excluding steroid dienone is 3. The smallest absolute Gasteiger partial charge is 0.305 e. The van der Waals surface area contributed by atoms with Gasteiger partial charge in [-0.05, 0) is 57.8 Å². The van der Waals surface area contributed by atoms with Gasteiger partial charge in [0, 0.05) is 12.8 Å². The van der Waals surface area contributed by atoms with E-state index in [1.807, 2.05) is 6.08 Å². The van der Waals surface area contributed by atoms with Gasteiger partial charge in [0.15, 0.2) is 0 Å². The van der Waals surface area contributed by atoms with E-state index in [4.69, 9.17) is 4.74 Å². The fourth-order valence-electron chi connectivity index (χ4n) is 12.0. The SMILES string of the molecule is CCCCCCCCCCCCCCCCCCCCCCCC/C=C/C(O)C(CO)NC(=O)CCCCCCCCCC/C=C\CCCCCCCCCCCCCCOC(=O)CCCCCCCCCCCCCCCCCCC. The van der Waals surface area contributed by atoms with Crippen LogP contribution in [-0.2, 0) is 14.3 Å². The maximum Gasteiger partial charge on any atom is 0.305 e. The van der Waals surface area contributed by atoms with Crippen molar-refractivity contribution >= 4 is 11.9 Å². The number of aliphatic hydroxyl groups is 2. The van der Waals surface area contributed by atoms with Gasteiger partial charge in [0.05, 0.1) is 25.4 Å². The maximum absolute atomic E-state index is 12.5. The van der Waals surface area contributed by atoms with Crippen LogP contribution in [0.1, 0.15) is 425 Å². The predicted molar refractivity (Wildman–Crippen MR) is 361 cm³/mol. The number of ether oxygens (including phenoxy) is 1. The van der Waals surface area contributed by atoms with Gasteiger partial charge in [-0.3, -0.25) is 9.59 Å². The lowest BCUT2D eigenvalue weighted by molar-refractivity contribution is -0.143. The number of hydrogen-bond donors (Lipinski definition) is 3. The van der Waals surface area contributed by atoms with Crippen LogP contribution in [0, 0.1) is 0 Å². The molecule has 0 bridgehead atoms. The van der Waals surface area contributed by atoms with Crippen LogP contribution in [-0.4, -0.2) is 47.4 Å². The molecule has 0 aliphatic rings. The summed E-state index contributed by atoms with van der Waals surface area (Å²) >= 11 is 0. The third-order valence-electron chi connectivity index (χ3n) is 17.7. The van der Waals surface area contributed by atoms with Gasteiger partial charge in [-0.1, -0.05) is 378 Å². The fourth-order valence-corrected chi connectivity index (χ4v) is 12.0. The highest BCUT2D eigenvalue weighted by Gasteiger charge is 2.18. The largest absolute Gasteiger partial charge is 0.466 e. The van der Waals surface area contributed by atoms with Crippen LogP contribution in [0.2, 0.25) is 0 Å². The monoisotopic (exact) mass is 1150 g/mol. The van der Waals surface area contributed by atoms with Gasteiger partial charge in [0.2, 0.25) is 5.91 Å². The lowest BCUT2D eigenvalue weighted by Gasteiger charge is -2.20. The summed E-state index contributed by atoms with van der Waals surface area (Å²) in [7, 11) is 0.